The van der Waals surface area contributed by atoms with E-state index in [9.17, 15) is 9.59 Å². The summed E-state index contributed by atoms with van der Waals surface area (Å²) in [4.78, 5) is 29.4. The summed E-state index contributed by atoms with van der Waals surface area (Å²) < 4.78 is 1.39. The van der Waals surface area contributed by atoms with Crippen LogP contribution in [0.4, 0.5) is 0 Å². The molecule has 4 N–H and O–H groups in total. The van der Waals surface area contributed by atoms with Crippen molar-refractivity contribution in [2.75, 3.05) is 5.43 Å². The van der Waals surface area contributed by atoms with Crippen LogP contribution in [0, 0.1) is 6.92 Å². The Morgan fingerprint density at radius 1 is 1.20 bits per heavy atom. The van der Waals surface area contributed by atoms with Crippen molar-refractivity contribution in [1.29, 1.82) is 0 Å². The third-order valence-electron chi connectivity index (χ3n) is 4.80. The Labute approximate surface area is 179 Å². The lowest BCUT2D eigenvalue weighted by atomic mass is 10.1. The van der Waals surface area contributed by atoms with Gasteiger partial charge < -0.3 is 16.5 Å². The van der Waals surface area contributed by atoms with E-state index in [0.29, 0.717) is 30.2 Å². The summed E-state index contributed by atoms with van der Waals surface area (Å²) in [5.41, 5.74) is 12.5. The van der Waals surface area contributed by atoms with E-state index in [0.717, 1.165) is 22.3 Å². The largest absolute Gasteiger partial charge is 0.352 e. The Morgan fingerprint density at radius 3 is 2.77 bits per heavy atom. The van der Waals surface area contributed by atoms with Crippen LogP contribution in [-0.4, -0.2) is 15.6 Å². The van der Waals surface area contributed by atoms with Gasteiger partial charge in [-0.1, -0.05) is 23.7 Å². The van der Waals surface area contributed by atoms with Crippen molar-refractivity contribution in [3.05, 3.63) is 98.2 Å². The molecule has 0 bridgehead atoms. The van der Waals surface area contributed by atoms with E-state index >= 15 is 0 Å². The zero-order valence-electron chi connectivity index (χ0n) is 16.7. The number of hydrogen-bond donors (Lipinski definition) is 3. The number of aryl methyl sites for hydroxylation is 1. The molecule has 2 heterocycles. The van der Waals surface area contributed by atoms with E-state index in [1.54, 1.807) is 30.7 Å². The maximum atomic E-state index is 12.8. The molecule has 8 heteroatoms. The second-order valence-corrected chi connectivity index (χ2v) is 7.36. The number of nitrogens with one attached hydrogen (secondary N) is 2. The molecule has 3 aromatic rings. The predicted octanol–water partition coefficient (Wildman–Crippen LogP) is 2.27. The number of carbonyl (C=O) groups excluding carboxylic acids is 1. The summed E-state index contributed by atoms with van der Waals surface area (Å²) in [7, 11) is 0. The molecular formula is C22H24ClN5O2. The van der Waals surface area contributed by atoms with Gasteiger partial charge in [-0.25, -0.2) is 4.68 Å². The first-order valence-electron chi connectivity index (χ1n) is 9.56. The summed E-state index contributed by atoms with van der Waals surface area (Å²) in [5.74, 6) is -0.247. The smallest absolute Gasteiger partial charge is 0.272 e. The summed E-state index contributed by atoms with van der Waals surface area (Å²) in [6, 6.07) is 11.0. The molecule has 3 rings (SSSR count). The minimum atomic E-state index is -0.251. The highest BCUT2D eigenvalue weighted by Gasteiger charge is 2.13. The van der Waals surface area contributed by atoms with Crippen molar-refractivity contribution in [1.82, 2.24) is 15.0 Å². The molecule has 0 saturated heterocycles. The number of halogens is 1. The van der Waals surface area contributed by atoms with E-state index in [-0.39, 0.29) is 17.9 Å². The van der Waals surface area contributed by atoms with Gasteiger partial charge in [-0.15, -0.1) is 0 Å². The molecule has 0 aliphatic heterocycles. The second-order valence-electron chi connectivity index (χ2n) is 6.92. The molecule has 0 spiro atoms. The van der Waals surface area contributed by atoms with Crippen LogP contribution in [0.15, 0.2) is 59.8 Å². The Hall–Kier alpha value is -3.16. The lowest BCUT2D eigenvalue weighted by Crippen LogP contribution is -2.34. The molecule has 7 nitrogen and oxygen atoms in total. The van der Waals surface area contributed by atoms with E-state index in [1.807, 2.05) is 31.2 Å². The molecule has 0 fully saturated rings. The quantitative estimate of drug-likeness (QED) is 0.513. The van der Waals surface area contributed by atoms with Crippen molar-refractivity contribution >= 4 is 17.5 Å². The van der Waals surface area contributed by atoms with Gasteiger partial charge >= 0.3 is 0 Å². The maximum absolute atomic E-state index is 12.8. The summed E-state index contributed by atoms with van der Waals surface area (Å²) in [5, 5.41) is 3.43. The second kappa shape index (κ2) is 10.0. The van der Waals surface area contributed by atoms with Gasteiger partial charge in [-0.2, -0.15) is 0 Å². The monoisotopic (exact) mass is 425 g/mol. The minimum absolute atomic E-state index is 0.0153. The Morgan fingerprint density at radius 2 is 2.03 bits per heavy atom. The minimum Gasteiger partial charge on any atom is -0.352 e. The third kappa shape index (κ3) is 5.46. The van der Waals surface area contributed by atoms with Crippen molar-refractivity contribution in [3.63, 3.8) is 0 Å². The van der Waals surface area contributed by atoms with Crippen molar-refractivity contribution < 1.29 is 4.79 Å². The summed E-state index contributed by atoms with van der Waals surface area (Å²) in [6.07, 6.45) is 5.07. The van der Waals surface area contributed by atoms with Crippen molar-refractivity contribution in [2.24, 2.45) is 5.73 Å². The first-order chi connectivity index (χ1) is 14.5. The fourth-order valence-electron chi connectivity index (χ4n) is 3.06. The summed E-state index contributed by atoms with van der Waals surface area (Å²) >= 11 is 6.04. The zero-order valence-corrected chi connectivity index (χ0v) is 17.4. The molecule has 156 valence electrons. The van der Waals surface area contributed by atoms with Gasteiger partial charge in [0.15, 0.2) is 0 Å². The first kappa shape index (κ1) is 21.5. The van der Waals surface area contributed by atoms with Gasteiger partial charge in [-0.3, -0.25) is 14.6 Å². The van der Waals surface area contributed by atoms with Gasteiger partial charge in [0.2, 0.25) is 5.91 Å². The molecule has 30 heavy (non-hydrogen) atoms. The van der Waals surface area contributed by atoms with Gasteiger partial charge in [0.25, 0.3) is 5.56 Å². The van der Waals surface area contributed by atoms with Crippen LogP contribution in [0.5, 0.6) is 0 Å². The highest BCUT2D eigenvalue weighted by Crippen LogP contribution is 2.16. The van der Waals surface area contributed by atoms with Crippen LogP contribution in [0.1, 0.15) is 27.8 Å². The molecule has 1 amide bonds. The molecule has 0 aliphatic rings. The molecule has 2 aromatic heterocycles. The fourth-order valence-corrected chi connectivity index (χ4v) is 3.26. The number of benzene rings is 1. The van der Waals surface area contributed by atoms with Gasteiger partial charge in [0.05, 0.1) is 13.0 Å². The van der Waals surface area contributed by atoms with Crippen LogP contribution >= 0.6 is 11.6 Å². The number of aromatic nitrogens is 2. The van der Waals surface area contributed by atoms with Crippen LogP contribution in [0.2, 0.25) is 5.02 Å². The highest BCUT2D eigenvalue weighted by molar-refractivity contribution is 6.30. The zero-order chi connectivity index (χ0) is 21.5. The number of hydrogen-bond acceptors (Lipinski definition) is 5. The molecule has 1 aromatic carbocycles. The lowest BCUT2D eigenvalue weighted by molar-refractivity contribution is -0.120. The van der Waals surface area contributed by atoms with Crippen molar-refractivity contribution in [3.8, 4) is 0 Å². The Kier molecular flexibility index (Phi) is 7.21. The third-order valence-corrected chi connectivity index (χ3v) is 5.04. The lowest BCUT2D eigenvalue weighted by Gasteiger charge is -2.13. The van der Waals surface area contributed by atoms with E-state index in [4.69, 9.17) is 17.3 Å². The Balaban J connectivity index is 1.67. The van der Waals surface area contributed by atoms with Gasteiger partial charge in [0, 0.05) is 42.3 Å². The normalized spacial score (nSPS) is 10.6. The fraction of sp³-hybridized carbons (Fsp3) is 0.227. The van der Waals surface area contributed by atoms with Crippen LogP contribution in [0.3, 0.4) is 0 Å². The van der Waals surface area contributed by atoms with Gasteiger partial charge in [-0.05, 0) is 53.4 Å². The maximum Gasteiger partial charge on any atom is 0.272 e. The molecule has 0 radical (unpaired) electrons. The van der Waals surface area contributed by atoms with E-state index in [1.165, 1.54) is 4.68 Å². The van der Waals surface area contributed by atoms with E-state index in [2.05, 4.69) is 15.7 Å². The number of rotatable bonds is 8. The number of carbonyl (C=O) groups is 1. The van der Waals surface area contributed by atoms with Crippen molar-refractivity contribution in [2.45, 2.75) is 33.0 Å². The Bertz CT molecular complexity index is 1080. The highest BCUT2D eigenvalue weighted by atomic mass is 35.5. The molecular weight excluding hydrogens is 402 g/mol. The standard InChI is InChI=1S/C22H24ClN5O2/c1-15-6-8-28(27-13-16-3-2-7-25-12-16)22(30)20(15)10-21(29)26-14-18-9-19(23)5-4-17(18)11-24/h2-9,12,27H,10-11,13-14,24H2,1H3,(H,26,29). The van der Waals surface area contributed by atoms with Crippen LogP contribution < -0.4 is 22.0 Å². The van der Waals surface area contributed by atoms with Crippen LogP contribution in [0.25, 0.3) is 0 Å². The number of nitrogens with zero attached hydrogens (tertiary/aromatic N) is 2. The molecule has 0 aliphatic carbocycles. The van der Waals surface area contributed by atoms with Crippen LogP contribution in [-0.2, 0) is 30.8 Å². The SMILES string of the molecule is Cc1ccn(NCc2cccnc2)c(=O)c1CC(=O)NCc1cc(Cl)ccc1CN. The topological polar surface area (TPSA) is 102 Å². The number of pyridine rings is 2. The molecule has 0 atom stereocenters. The predicted molar refractivity (Wildman–Crippen MR) is 118 cm³/mol. The molecule has 0 unspecified atom stereocenters. The molecule has 0 saturated carbocycles. The van der Waals surface area contributed by atoms with E-state index < -0.39 is 0 Å². The first-order valence-corrected chi connectivity index (χ1v) is 9.93. The average molecular weight is 426 g/mol. The number of amides is 1. The average Bonchev–Trinajstić information content (AvgIpc) is 2.75. The summed E-state index contributed by atoms with van der Waals surface area (Å²) in [6.45, 7) is 2.91. The number of nitrogens with two attached hydrogens (primary N) is 1. The van der Waals surface area contributed by atoms with Gasteiger partial charge in [0.1, 0.15) is 0 Å².